The first-order chi connectivity index (χ1) is 10.9. The van der Waals surface area contributed by atoms with E-state index < -0.39 is 10.0 Å². The summed E-state index contributed by atoms with van der Waals surface area (Å²) in [6.07, 6.45) is 2.80. The van der Waals surface area contributed by atoms with Crippen LogP contribution in [0.5, 0.6) is 0 Å². The number of sulfonamides is 1. The molecule has 0 bridgehead atoms. The van der Waals surface area contributed by atoms with Crippen molar-refractivity contribution in [2.75, 3.05) is 25.9 Å². The number of carbonyl (C=O) groups excluding carboxylic acids is 1. The average Bonchev–Trinajstić information content (AvgIpc) is 2.49. The van der Waals surface area contributed by atoms with Gasteiger partial charge in [0.2, 0.25) is 10.0 Å². The molecule has 2 N–H and O–H groups in total. The van der Waals surface area contributed by atoms with Gasteiger partial charge in [0, 0.05) is 25.7 Å². The zero-order valence-corrected chi connectivity index (χ0v) is 13.9. The van der Waals surface area contributed by atoms with Gasteiger partial charge >= 0.3 is 6.03 Å². The van der Waals surface area contributed by atoms with E-state index in [0.717, 1.165) is 0 Å². The van der Waals surface area contributed by atoms with Gasteiger partial charge in [0.1, 0.15) is 5.82 Å². The zero-order chi connectivity index (χ0) is 16.9. The van der Waals surface area contributed by atoms with Crippen LogP contribution >= 0.6 is 0 Å². The Balaban J connectivity index is 1.69. The molecule has 128 valence electrons. The Labute approximate surface area is 136 Å². The molecule has 0 spiro atoms. The third kappa shape index (κ3) is 5.47. The summed E-state index contributed by atoms with van der Waals surface area (Å²) in [6.45, 7) is 1.17. The highest BCUT2D eigenvalue weighted by Gasteiger charge is 2.25. The zero-order valence-electron chi connectivity index (χ0n) is 13.1. The SMILES string of the molecule is CS(=O)(=O)N1CCC(NC(=O)NCCc2ccccc2F)CC1. The van der Waals surface area contributed by atoms with E-state index in [0.29, 0.717) is 44.5 Å². The molecule has 1 aliphatic heterocycles. The number of amides is 2. The van der Waals surface area contributed by atoms with Gasteiger partial charge in [-0.25, -0.2) is 21.9 Å². The highest BCUT2D eigenvalue weighted by atomic mass is 32.2. The maximum atomic E-state index is 13.4. The van der Waals surface area contributed by atoms with Gasteiger partial charge in [-0.1, -0.05) is 18.2 Å². The lowest BCUT2D eigenvalue weighted by atomic mass is 10.1. The Morgan fingerprint density at radius 3 is 2.57 bits per heavy atom. The maximum Gasteiger partial charge on any atom is 0.315 e. The van der Waals surface area contributed by atoms with E-state index in [2.05, 4.69) is 10.6 Å². The molecule has 0 unspecified atom stereocenters. The Morgan fingerprint density at radius 1 is 1.30 bits per heavy atom. The summed E-state index contributed by atoms with van der Waals surface area (Å²) in [5.41, 5.74) is 0.564. The first-order valence-electron chi connectivity index (χ1n) is 7.59. The summed E-state index contributed by atoms with van der Waals surface area (Å²) in [5, 5.41) is 5.52. The van der Waals surface area contributed by atoms with Crippen LogP contribution in [0.25, 0.3) is 0 Å². The van der Waals surface area contributed by atoms with Crippen molar-refractivity contribution in [1.29, 1.82) is 0 Å². The van der Waals surface area contributed by atoms with Crippen molar-refractivity contribution >= 4 is 16.1 Å². The number of nitrogens with zero attached hydrogens (tertiary/aromatic N) is 1. The number of nitrogens with one attached hydrogen (secondary N) is 2. The van der Waals surface area contributed by atoms with Crippen LogP contribution in [-0.2, 0) is 16.4 Å². The minimum atomic E-state index is -3.16. The van der Waals surface area contributed by atoms with Gasteiger partial charge < -0.3 is 10.6 Å². The smallest absolute Gasteiger partial charge is 0.315 e. The molecule has 1 aromatic rings. The Bertz CT molecular complexity index is 643. The molecule has 6 nitrogen and oxygen atoms in total. The standard InChI is InChI=1S/C15H22FN3O3S/c1-23(21,22)19-10-7-13(8-11-19)18-15(20)17-9-6-12-4-2-3-5-14(12)16/h2-5,13H,6-11H2,1H3,(H2,17,18,20). The second kappa shape index (κ2) is 7.74. The minimum Gasteiger partial charge on any atom is -0.338 e. The van der Waals surface area contributed by atoms with Crippen LogP contribution in [-0.4, -0.2) is 50.7 Å². The molecule has 0 aliphatic carbocycles. The van der Waals surface area contributed by atoms with E-state index in [9.17, 15) is 17.6 Å². The van der Waals surface area contributed by atoms with Crippen molar-refractivity contribution in [3.8, 4) is 0 Å². The van der Waals surface area contributed by atoms with Crippen LogP contribution < -0.4 is 10.6 Å². The van der Waals surface area contributed by atoms with Crippen LogP contribution in [0.2, 0.25) is 0 Å². The van der Waals surface area contributed by atoms with E-state index in [1.165, 1.54) is 16.6 Å². The lowest BCUT2D eigenvalue weighted by Crippen LogP contribution is -2.49. The molecule has 1 aromatic carbocycles. The molecule has 1 saturated heterocycles. The summed E-state index contributed by atoms with van der Waals surface area (Å²) < 4.78 is 37.7. The number of carbonyl (C=O) groups is 1. The molecule has 0 saturated carbocycles. The molecule has 23 heavy (non-hydrogen) atoms. The Morgan fingerprint density at radius 2 is 1.96 bits per heavy atom. The first kappa shape index (κ1) is 17.7. The summed E-state index contributed by atoms with van der Waals surface area (Å²) in [6, 6.07) is 6.12. The Hall–Kier alpha value is -1.67. The number of hydrogen-bond donors (Lipinski definition) is 2. The second-order valence-corrected chi connectivity index (χ2v) is 7.66. The van der Waals surface area contributed by atoms with Gasteiger partial charge in [-0.05, 0) is 30.9 Å². The highest BCUT2D eigenvalue weighted by molar-refractivity contribution is 7.88. The summed E-state index contributed by atoms with van der Waals surface area (Å²) in [5.74, 6) is -0.275. The minimum absolute atomic E-state index is 0.0403. The molecule has 1 fully saturated rings. The van der Waals surface area contributed by atoms with E-state index in [4.69, 9.17) is 0 Å². The van der Waals surface area contributed by atoms with E-state index in [1.54, 1.807) is 18.2 Å². The number of piperidine rings is 1. The first-order valence-corrected chi connectivity index (χ1v) is 9.44. The van der Waals surface area contributed by atoms with Crippen LogP contribution in [0, 0.1) is 5.82 Å². The normalized spacial score (nSPS) is 17.0. The predicted molar refractivity (Wildman–Crippen MR) is 86.1 cm³/mol. The lowest BCUT2D eigenvalue weighted by molar-refractivity contribution is 0.228. The van der Waals surface area contributed by atoms with Crippen molar-refractivity contribution in [3.05, 3.63) is 35.6 Å². The van der Waals surface area contributed by atoms with Gasteiger partial charge in [0.25, 0.3) is 0 Å². The van der Waals surface area contributed by atoms with Gasteiger partial charge in [0.05, 0.1) is 6.26 Å². The topological polar surface area (TPSA) is 78.5 Å². The van der Waals surface area contributed by atoms with Gasteiger partial charge in [0.15, 0.2) is 0 Å². The molecule has 8 heteroatoms. The van der Waals surface area contributed by atoms with Crippen molar-refractivity contribution in [2.45, 2.75) is 25.3 Å². The average molecular weight is 343 g/mol. The molecule has 2 amide bonds. The Kier molecular flexibility index (Phi) is 5.95. The number of urea groups is 1. The molecule has 0 atom stereocenters. The van der Waals surface area contributed by atoms with Crippen LogP contribution in [0.15, 0.2) is 24.3 Å². The summed E-state index contributed by atoms with van der Waals surface area (Å²) in [7, 11) is -3.16. The summed E-state index contributed by atoms with van der Waals surface area (Å²) >= 11 is 0. The lowest BCUT2D eigenvalue weighted by Gasteiger charge is -2.30. The quantitative estimate of drug-likeness (QED) is 0.840. The number of benzene rings is 1. The third-order valence-corrected chi connectivity index (χ3v) is 5.20. The maximum absolute atomic E-state index is 13.4. The van der Waals surface area contributed by atoms with Crippen molar-refractivity contribution in [1.82, 2.24) is 14.9 Å². The van der Waals surface area contributed by atoms with Crippen LogP contribution in [0.1, 0.15) is 18.4 Å². The molecule has 1 aliphatic rings. The molecule has 0 radical (unpaired) electrons. The van der Waals surface area contributed by atoms with Crippen LogP contribution in [0.3, 0.4) is 0 Å². The number of hydrogen-bond acceptors (Lipinski definition) is 3. The monoisotopic (exact) mass is 343 g/mol. The third-order valence-electron chi connectivity index (χ3n) is 3.90. The van der Waals surface area contributed by atoms with Gasteiger partial charge in [-0.2, -0.15) is 0 Å². The van der Waals surface area contributed by atoms with E-state index in [-0.39, 0.29) is 17.9 Å². The fourth-order valence-electron chi connectivity index (χ4n) is 2.58. The van der Waals surface area contributed by atoms with Gasteiger partial charge in [-0.3, -0.25) is 0 Å². The molecule has 2 rings (SSSR count). The number of rotatable bonds is 5. The van der Waals surface area contributed by atoms with Crippen LogP contribution in [0.4, 0.5) is 9.18 Å². The summed E-state index contributed by atoms with van der Waals surface area (Å²) in [4.78, 5) is 11.8. The highest BCUT2D eigenvalue weighted by Crippen LogP contribution is 2.13. The molecular formula is C15H22FN3O3S. The number of halogens is 1. The van der Waals surface area contributed by atoms with E-state index in [1.807, 2.05) is 0 Å². The fourth-order valence-corrected chi connectivity index (χ4v) is 3.45. The fraction of sp³-hybridized carbons (Fsp3) is 0.533. The molecule has 1 heterocycles. The second-order valence-electron chi connectivity index (χ2n) is 5.68. The van der Waals surface area contributed by atoms with Crippen molar-refractivity contribution in [3.63, 3.8) is 0 Å². The van der Waals surface area contributed by atoms with E-state index >= 15 is 0 Å². The molecule has 0 aromatic heterocycles. The largest absolute Gasteiger partial charge is 0.338 e. The van der Waals surface area contributed by atoms with Gasteiger partial charge in [-0.15, -0.1) is 0 Å². The van der Waals surface area contributed by atoms with Crippen molar-refractivity contribution < 1.29 is 17.6 Å². The molecular weight excluding hydrogens is 321 g/mol. The van der Waals surface area contributed by atoms with Crippen molar-refractivity contribution in [2.24, 2.45) is 0 Å². The predicted octanol–water partition coefficient (Wildman–Crippen LogP) is 1.09.